The van der Waals surface area contributed by atoms with Crippen molar-refractivity contribution in [3.8, 4) is 0 Å². The number of anilines is 1. The number of rotatable bonds is 7. The van der Waals surface area contributed by atoms with Crippen molar-refractivity contribution in [3.63, 3.8) is 0 Å². The predicted molar refractivity (Wildman–Crippen MR) is 118 cm³/mol. The van der Waals surface area contributed by atoms with Crippen LogP contribution >= 0.6 is 0 Å². The Balaban J connectivity index is 2.06. The molecule has 30 heavy (non-hydrogen) atoms. The van der Waals surface area contributed by atoms with Gasteiger partial charge in [0.15, 0.2) is 5.82 Å². The van der Waals surface area contributed by atoms with Gasteiger partial charge >= 0.3 is 0 Å². The number of hydrogen-bond donors (Lipinski definition) is 0. The summed E-state index contributed by atoms with van der Waals surface area (Å²) in [7, 11) is -6.84. The normalized spacial score (nSPS) is 12.8. The average molecular weight is 445 g/mol. The number of aromatic nitrogens is 1. The Hall–Kier alpha value is -3.04. The number of aliphatic imine (C=N–C) groups is 1. The molecule has 3 rings (SSSR count). The lowest BCUT2D eigenvalue weighted by molar-refractivity contribution is 0.584. The van der Waals surface area contributed by atoms with Gasteiger partial charge in [-0.05, 0) is 36.4 Å². The molecule has 0 aliphatic heterocycles. The highest BCUT2D eigenvalue weighted by molar-refractivity contribution is 8.10. The molecule has 0 fully saturated rings. The Morgan fingerprint density at radius 3 is 1.87 bits per heavy atom. The third-order valence-electron chi connectivity index (χ3n) is 4.26. The first-order valence-electron chi connectivity index (χ1n) is 9.56. The number of benzene rings is 2. The van der Waals surface area contributed by atoms with Gasteiger partial charge in [-0.3, -0.25) is 0 Å². The van der Waals surface area contributed by atoms with Crippen molar-refractivity contribution < 1.29 is 18.2 Å². The summed E-state index contributed by atoms with van der Waals surface area (Å²) >= 11 is 0. The zero-order valence-corrected chi connectivity index (χ0v) is 17.8. The lowest BCUT2D eigenvalue weighted by atomic mass is 10.4. The average Bonchev–Trinajstić information content (AvgIpc) is 2.80. The number of hydrogen-bond acceptors (Lipinski definition) is 7. The van der Waals surface area contributed by atoms with Crippen molar-refractivity contribution in [2.45, 2.75) is 14.4 Å². The van der Waals surface area contributed by atoms with E-state index in [4.69, 9.17) is 1.37 Å². The number of nitrogens with zero attached hydrogens (tertiary/aromatic N) is 3. The van der Waals surface area contributed by atoms with Gasteiger partial charge < -0.3 is 4.90 Å². The molecule has 1 heterocycles. The first-order valence-corrected chi connectivity index (χ1v) is 11.9. The number of pyridine rings is 1. The van der Waals surface area contributed by atoms with E-state index in [9.17, 15) is 16.8 Å². The summed E-state index contributed by atoms with van der Waals surface area (Å²) in [6.45, 7) is 0. The summed E-state index contributed by atoms with van der Waals surface area (Å²) in [6.07, 6.45) is 2.38. The molecular formula is C21H21N3O4S2. The van der Waals surface area contributed by atoms with Gasteiger partial charge in [0.25, 0.3) is 0 Å². The van der Waals surface area contributed by atoms with Crippen LogP contribution in [0.2, 0.25) is 0 Å². The van der Waals surface area contributed by atoms with Gasteiger partial charge in [-0.1, -0.05) is 36.4 Å². The molecule has 0 bridgehead atoms. The van der Waals surface area contributed by atoms with Crippen LogP contribution in [-0.2, 0) is 19.7 Å². The lowest BCUT2D eigenvalue weighted by Gasteiger charge is -2.15. The highest BCUT2D eigenvalue weighted by atomic mass is 32.3. The fraction of sp³-hybridized carbons (Fsp3) is 0.143. The van der Waals surface area contributed by atoms with Crippen LogP contribution in [0.4, 0.5) is 11.5 Å². The van der Waals surface area contributed by atoms with Crippen LogP contribution in [0.3, 0.4) is 0 Å². The minimum Gasteiger partial charge on any atom is -0.376 e. The molecule has 0 radical (unpaired) electrons. The van der Waals surface area contributed by atoms with Crippen LogP contribution in [0.15, 0.2) is 93.8 Å². The molecule has 9 heteroatoms. The minimum atomic E-state index is -4.30. The predicted octanol–water partition coefficient (Wildman–Crippen LogP) is 3.12. The SMILES string of the molecule is [2H]CN(C)c1ccc(N=CC(S(=O)(=O)c2ccccc2)S(=O)(=O)c2ccccc2)nc1. The molecule has 0 spiro atoms. The Morgan fingerprint density at radius 2 is 1.43 bits per heavy atom. The van der Waals surface area contributed by atoms with E-state index in [1.54, 1.807) is 30.1 Å². The van der Waals surface area contributed by atoms with Crippen LogP contribution in [0.25, 0.3) is 0 Å². The molecule has 0 saturated carbocycles. The summed E-state index contributed by atoms with van der Waals surface area (Å²) in [5, 5.41) is 0. The van der Waals surface area contributed by atoms with Crippen LogP contribution in [0, 0.1) is 0 Å². The molecule has 0 aliphatic rings. The lowest BCUT2D eigenvalue weighted by Crippen LogP contribution is -2.32. The first-order chi connectivity index (χ1) is 14.8. The molecule has 0 N–H and O–H groups in total. The standard InChI is InChI=1S/C21H21N3O4S2/c1-24(2)17-13-14-20(22-15-17)23-16-21(29(25,26)18-9-5-3-6-10-18)30(27,28)19-11-7-4-8-12-19/h3-16,21H,1-2H3/i1D. The largest absolute Gasteiger partial charge is 0.376 e. The van der Waals surface area contributed by atoms with Gasteiger partial charge in [0.05, 0.1) is 21.7 Å². The highest BCUT2D eigenvalue weighted by Crippen LogP contribution is 2.25. The van der Waals surface area contributed by atoms with Crippen LogP contribution in [0.5, 0.6) is 0 Å². The van der Waals surface area contributed by atoms with E-state index < -0.39 is 24.3 Å². The second-order valence-corrected chi connectivity index (χ2v) is 10.9. The second kappa shape index (κ2) is 8.76. The molecule has 3 aromatic rings. The molecular weight excluding hydrogens is 422 g/mol. The molecule has 0 atom stereocenters. The van der Waals surface area contributed by atoms with Gasteiger partial charge in [0.1, 0.15) is 0 Å². The molecule has 0 unspecified atom stereocenters. The van der Waals surface area contributed by atoms with E-state index in [1.807, 2.05) is 0 Å². The van der Waals surface area contributed by atoms with Crippen LogP contribution in [0.1, 0.15) is 1.37 Å². The van der Waals surface area contributed by atoms with Crippen LogP contribution < -0.4 is 4.90 Å². The van der Waals surface area contributed by atoms with E-state index in [0.717, 1.165) is 6.21 Å². The van der Waals surface area contributed by atoms with Crippen molar-refractivity contribution in [1.82, 2.24) is 4.98 Å². The molecule has 156 valence electrons. The molecule has 2 aromatic carbocycles. The Labute approximate surface area is 178 Å². The summed E-state index contributed by atoms with van der Waals surface area (Å²) in [6, 6.07) is 18.0. The molecule has 0 amide bonds. The third kappa shape index (κ3) is 4.58. The number of sulfone groups is 2. The van der Waals surface area contributed by atoms with Gasteiger partial charge in [0.2, 0.25) is 24.3 Å². The summed E-state index contributed by atoms with van der Waals surface area (Å²) in [5.41, 5.74) is 0.680. The summed E-state index contributed by atoms with van der Waals surface area (Å²) in [4.78, 5) is 9.58. The maximum atomic E-state index is 13.2. The fourth-order valence-corrected chi connectivity index (χ4v) is 6.69. The van der Waals surface area contributed by atoms with E-state index in [2.05, 4.69) is 9.98 Å². The monoisotopic (exact) mass is 444 g/mol. The minimum absolute atomic E-state index is 0.0387. The Morgan fingerprint density at radius 1 is 0.900 bits per heavy atom. The van der Waals surface area contributed by atoms with Crippen molar-refractivity contribution in [2.75, 3.05) is 19.0 Å². The van der Waals surface area contributed by atoms with Crippen molar-refractivity contribution in [3.05, 3.63) is 79.0 Å². The topological polar surface area (TPSA) is 96.8 Å². The maximum absolute atomic E-state index is 13.2. The van der Waals surface area contributed by atoms with Crippen molar-refractivity contribution in [2.24, 2.45) is 4.99 Å². The first kappa shape index (κ1) is 20.2. The summed E-state index contributed by atoms with van der Waals surface area (Å²) in [5.74, 6) is 0.152. The van der Waals surface area contributed by atoms with E-state index in [-0.39, 0.29) is 22.6 Å². The third-order valence-corrected chi connectivity index (χ3v) is 9.10. The molecule has 7 nitrogen and oxygen atoms in total. The highest BCUT2D eigenvalue weighted by Gasteiger charge is 2.38. The van der Waals surface area contributed by atoms with Crippen molar-refractivity contribution >= 4 is 37.4 Å². The molecule has 0 saturated heterocycles. The zero-order chi connectivity index (χ0) is 22.5. The summed E-state index contributed by atoms with van der Waals surface area (Å²) < 4.78 is 58.4. The van der Waals surface area contributed by atoms with Gasteiger partial charge in [-0.2, -0.15) is 0 Å². The van der Waals surface area contributed by atoms with E-state index >= 15 is 0 Å². The fourth-order valence-electron chi connectivity index (χ4n) is 2.63. The maximum Gasteiger partial charge on any atom is 0.206 e. The quantitative estimate of drug-likeness (QED) is 0.520. The molecule has 0 aliphatic carbocycles. The van der Waals surface area contributed by atoms with Gasteiger partial charge in [-0.15, -0.1) is 0 Å². The van der Waals surface area contributed by atoms with Crippen molar-refractivity contribution in [1.29, 1.82) is 0 Å². The van der Waals surface area contributed by atoms with Gasteiger partial charge in [0, 0.05) is 21.7 Å². The second-order valence-electron chi connectivity index (χ2n) is 6.44. The smallest absolute Gasteiger partial charge is 0.206 e. The zero-order valence-electron chi connectivity index (χ0n) is 17.2. The Kier molecular flexibility index (Phi) is 5.91. The van der Waals surface area contributed by atoms with Crippen LogP contribution in [-0.4, -0.2) is 46.7 Å². The van der Waals surface area contributed by atoms with Gasteiger partial charge in [-0.25, -0.2) is 26.8 Å². The Bertz CT molecular complexity index is 1180. The molecule has 1 aromatic heterocycles. The van der Waals surface area contributed by atoms with E-state index in [0.29, 0.717) is 5.69 Å². The van der Waals surface area contributed by atoms with E-state index in [1.165, 1.54) is 60.8 Å².